The summed E-state index contributed by atoms with van der Waals surface area (Å²) in [5.41, 5.74) is 1.01. The lowest BCUT2D eigenvalue weighted by Crippen LogP contribution is -2.27. The molecule has 2 rings (SSSR count). The van der Waals surface area contributed by atoms with Gasteiger partial charge in [-0.1, -0.05) is 6.08 Å². The zero-order chi connectivity index (χ0) is 16.8. The predicted octanol–water partition coefficient (Wildman–Crippen LogP) is 1.74. The van der Waals surface area contributed by atoms with Crippen molar-refractivity contribution in [3.63, 3.8) is 0 Å². The van der Waals surface area contributed by atoms with Gasteiger partial charge in [-0.05, 0) is 37.6 Å². The van der Waals surface area contributed by atoms with Gasteiger partial charge in [-0.15, -0.1) is 6.58 Å². The van der Waals surface area contributed by atoms with Crippen molar-refractivity contribution in [1.29, 1.82) is 0 Å². The minimum atomic E-state index is -0.397. The van der Waals surface area contributed by atoms with E-state index in [2.05, 4.69) is 17.2 Å². The standard InChI is InChI=1S/C17H20N2O4/c1-3-9-18-15(20)13-10-14(13)16(21)19-12-7-5-11(6-8-12)17(22)23-4-2/h3,5-8,13-14H,1,4,9-10H2,2H3,(H,18,20)(H,19,21). The summed E-state index contributed by atoms with van der Waals surface area (Å²) < 4.78 is 4.89. The second kappa shape index (κ2) is 7.58. The maximum Gasteiger partial charge on any atom is 0.338 e. The predicted molar refractivity (Wildman–Crippen MR) is 85.8 cm³/mol. The molecule has 1 aliphatic carbocycles. The normalized spacial score (nSPS) is 18.7. The third-order valence-electron chi connectivity index (χ3n) is 3.55. The summed E-state index contributed by atoms with van der Waals surface area (Å²) in [7, 11) is 0. The van der Waals surface area contributed by atoms with Crippen LogP contribution in [0.1, 0.15) is 23.7 Å². The number of carbonyl (C=O) groups excluding carboxylic acids is 3. The first-order valence-corrected chi connectivity index (χ1v) is 7.53. The Morgan fingerprint density at radius 1 is 1.22 bits per heavy atom. The van der Waals surface area contributed by atoms with Gasteiger partial charge in [0.2, 0.25) is 11.8 Å². The van der Waals surface area contributed by atoms with E-state index in [-0.39, 0.29) is 23.7 Å². The van der Waals surface area contributed by atoms with Gasteiger partial charge in [-0.25, -0.2) is 4.79 Å². The third kappa shape index (κ3) is 4.42. The Hall–Kier alpha value is -2.63. The van der Waals surface area contributed by atoms with Crippen LogP contribution in [0, 0.1) is 11.8 Å². The van der Waals surface area contributed by atoms with Crippen LogP contribution in [-0.2, 0) is 14.3 Å². The lowest BCUT2D eigenvalue weighted by atomic mass is 10.2. The Kier molecular flexibility index (Phi) is 5.51. The molecule has 6 nitrogen and oxygen atoms in total. The van der Waals surface area contributed by atoms with Gasteiger partial charge in [0.15, 0.2) is 0 Å². The Labute approximate surface area is 134 Å². The van der Waals surface area contributed by atoms with Crippen molar-refractivity contribution in [3.05, 3.63) is 42.5 Å². The highest BCUT2D eigenvalue weighted by Gasteiger charge is 2.47. The minimum Gasteiger partial charge on any atom is -0.462 e. The van der Waals surface area contributed by atoms with Gasteiger partial charge in [0.1, 0.15) is 0 Å². The number of hydrogen-bond donors (Lipinski definition) is 2. The number of nitrogens with one attached hydrogen (secondary N) is 2. The smallest absolute Gasteiger partial charge is 0.338 e. The number of hydrogen-bond acceptors (Lipinski definition) is 4. The van der Waals surface area contributed by atoms with Crippen LogP contribution in [0.2, 0.25) is 0 Å². The lowest BCUT2D eigenvalue weighted by Gasteiger charge is -2.06. The molecule has 0 radical (unpaired) electrons. The van der Waals surface area contributed by atoms with Crippen molar-refractivity contribution in [2.24, 2.45) is 11.8 Å². The van der Waals surface area contributed by atoms with Gasteiger partial charge in [0.25, 0.3) is 0 Å². The molecule has 122 valence electrons. The zero-order valence-corrected chi connectivity index (χ0v) is 13.0. The van der Waals surface area contributed by atoms with E-state index in [0.29, 0.717) is 30.8 Å². The highest BCUT2D eigenvalue weighted by atomic mass is 16.5. The van der Waals surface area contributed by atoms with Crippen LogP contribution < -0.4 is 10.6 Å². The minimum absolute atomic E-state index is 0.122. The fraction of sp³-hybridized carbons (Fsp3) is 0.353. The zero-order valence-electron chi connectivity index (χ0n) is 13.0. The molecule has 2 atom stereocenters. The fourth-order valence-electron chi connectivity index (χ4n) is 2.22. The van der Waals surface area contributed by atoms with E-state index in [1.165, 1.54) is 0 Å². The molecular weight excluding hydrogens is 296 g/mol. The number of anilines is 1. The number of amides is 2. The van der Waals surface area contributed by atoms with Crippen LogP contribution >= 0.6 is 0 Å². The number of ether oxygens (including phenoxy) is 1. The summed E-state index contributed by atoms with van der Waals surface area (Å²) in [6.45, 7) is 5.98. The summed E-state index contributed by atoms with van der Waals surface area (Å²) >= 11 is 0. The average Bonchev–Trinajstić information content (AvgIpc) is 3.34. The highest BCUT2D eigenvalue weighted by molar-refractivity contribution is 5.99. The molecule has 0 heterocycles. The molecule has 0 bridgehead atoms. The van der Waals surface area contributed by atoms with E-state index in [0.717, 1.165) is 0 Å². The SMILES string of the molecule is C=CCNC(=O)C1CC1C(=O)Nc1ccc(C(=O)OCC)cc1. The Morgan fingerprint density at radius 2 is 1.87 bits per heavy atom. The Bertz CT molecular complexity index is 610. The molecule has 2 unspecified atom stereocenters. The van der Waals surface area contributed by atoms with E-state index in [1.54, 1.807) is 37.3 Å². The van der Waals surface area contributed by atoms with Gasteiger partial charge < -0.3 is 15.4 Å². The summed E-state index contributed by atoms with van der Waals surface area (Å²) in [5.74, 6) is -1.28. The number of benzene rings is 1. The van der Waals surface area contributed by atoms with Crippen molar-refractivity contribution in [1.82, 2.24) is 5.32 Å². The van der Waals surface area contributed by atoms with Crippen molar-refractivity contribution in [3.8, 4) is 0 Å². The third-order valence-corrected chi connectivity index (χ3v) is 3.55. The van der Waals surface area contributed by atoms with Gasteiger partial charge in [-0.3, -0.25) is 9.59 Å². The maximum absolute atomic E-state index is 12.1. The maximum atomic E-state index is 12.1. The van der Waals surface area contributed by atoms with Crippen LogP contribution in [0.5, 0.6) is 0 Å². The second-order valence-corrected chi connectivity index (χ2v) is 5.27. The van der Waals surface area contributed by atoms with Crippen molar-refractivity contribution >= 4 is 23.5 Å². The van der Waals surface area contributed by atoms with Gasteiger partial charge in [-0.2, -0.15) is 0 Å². The molecule has 0 spiro atoms. The molecule has 1 aromatic rings. The van der Waals surface area contributed by atoms with E-state index < -0.39 is 5.97 Å². The van der Waals surface area contributed by atoms with Crippen LogP contribution in [0.3, 0.4) is 0 Å². The topological polar surface area (TPSA) is 84.5 Å². The van der Waals surface area contributed by atoms with E-state index in [9.17, 15) is 14.4 Å². The van der Waals surface area contributed by atoms with Crippen molar-refractivity contribution in [2.75, 3.05) is 18.5 Å². The summed E-state index contributed by atoms with van der Waals surface area (Å²) in [6.07, 6.45) is 2.15. The quantitative estimate of drug-likeness (QED) is 0.593. The molecule has 6 heteroatoms. The van der Waals surface area contributed by atoms with Gasteiger partial charge in [0.05, 0.1) is 24.0 Å². The van der Waals surface area contributed by atoms with E-state index in [4.69, 9.17) is 4.74 Å². The van der Waals surface area contributed by atoms with E-state index in [1.807, 2.05) is 0 Å². The Morgan fingerprint density at radius 3 is 2.48 bits per heavy atom. The second-order valence-electron chi connectivity index (χ2n) is 5.27. The molecule has 0 saturated heterocycles. The van der Waals surface area contributed by atoms with Crippen LogP contribution in [0.15, 0.2) is 36.9 Å². The van der Waals surface area contributed by atoms with Crippen molar-refractivity contribution < 1.29 is 19.1 Å². The molecule has 1 aromatic carbocycles. The first kappa shape index (κ1) is 16.7. The molecular formula is C17H20N2O4. The molecule has 1 fully saturated rings. The summed E-state index contributed by atoms with van der Waals surface area (Å²) in [5, 5.41) is 5.44. The van der Waals surface area contributed by atoms with Crippen LogP contribution in [-0.4, -0.2) is 30.9 Å². The molecule has 0 aliphatic heterocycles. The summed E-state index contributed by atoms with van der Waals surface area (Å²) in [6, 6.07) is 6.46. The lowest BCUT2D eigenvalue weighted by molar-refractivity contribution is -0.125. The number of esters is 1. The molecule has 0 aromatic heterocycles. The fourth-order valence-corrected chi connectivity index (χ4v) is 2.22. The monoisotopic (exact) mass is 316 g/mol. The molecule has 1 aliphatic rings. The van der Waals surface area contributed by atoms with Gasteiger partial charge in [0, 0.05) is 12.2 Å². The van der Waals surface area contributed by atoms with Gasteiger partial charge >= 0.3 is 5.97 Å². The average molecular weight is 316 g/mol. The molecule has 23 heavy (non-hydrogen) atoms. The Balaban J connectivity index is 1.86. The highest BCUT2D eigenvalue weighted by Crippen LogP contribution is 2.39. The molecule has 1 saturated carbocycles. The number of carbonyl (C=O) groups is 3. The van der Waals surface area contributed by atoms with Crippen LogP contribution in [0.4, 0.5) is 5.69 Å². The first-order chi connectivity index (χ1) is 11.1. The largest absolute Gasteiger partial charge is 0.462 e. The summed E-state index contributed by atoms with van der Waals surface area (Å²) in [4.78, 5) is 35.3. The van der Waals surface area contributed by atoms with Crippen LogP contribution in [0.25, 0.3) is 0 Å². The van der Waals surface area contributed by atoms with E-state index >= 15 is 0 Å². The first-order valence-electron chi connectivity index (χ1n) is 7.53. The van der Waals surface area contributed by atoms with Crippen molar-refractivity contribution in [2.45, 2.75) is 13.3 Å². The molecule has 2 amide bonds. The molecule has 2 N–H and O–H groups in total. The number of rotatable bonds is 7.